The van der Waals surface area contributed by atoms with Gasteiger partial charge in [-0.2, -0.15) is 5.10 Å². The molecule has 2 heterocycles. The number of aromatic nitrogens is 2. The lowest BCUT2D eigenvalue weighted by Crippen LogP contribution is -2.36. The van der Waals surface area contributed by atoms with Crippen LogP contribution in [-0.2, 0) is 23.3 Å². The Labute approximate surface area is 160 Å². The van der Waals surface area contributed by atoms with E-state index in [2.05, 4.69) is 30.6 Å². The van der Waals surface area contributed by atoms with E-state index in [4.69, 9.17) is 9.47 Å². The van der Waals surface area contributed by atoms with Crippen molar-refractivity contribution in [3.63, 3.8) is 0 Å². The Morgan fingerprint density at radius 2 is 2.00 bits per heavy atom. The third-order valence-corrected chi connectivity index (χ3v) is 4.73. The fourth-order valence-corrected chi connectivity index (χ4v) is 3.32. The Bertz CT molecular complexity index is 862. The molecule has 0 saturated carbocycles. The SMILES string of the molecule is COc1ccc(/C=C/C(=O)N2CCc3c(cnn3C(C)(C)C)C2)c(OC)c1. The second-order valence-corrected chi connectivity index (χ2v) is 7.65. The summed E-state index contributed by atoms with van der Waals surface area (Å²) in [6, 6.07) is 5.53. The van der Waals surface area contributed by atoms with Crippen LogP contribution in [0.15, 0.2) is 30.5 Å². The van der Waals surface area contributed by atoms with Gasteiger partial charge in [0.2, 0.25) is 5.91 Å². The molecule has 1 amide bonds. The monoisotopic (exact) mass is 369 g/mol. The van der Waals surface area contributed by atoms with Gasteiger partial charge in [0.25, 0.3) is 0 Å². The number of hydrogen-bond acceptors (Lipinski definition) is 4. The molecule has 1 aromatic heterocycles. The molecule has 1 aliphatic rings. The average Bonchev–Trinajstić information content (AvgIpc) is 3.09. The summed E-state index contributed by atoms with van der Waals surface area (Å²) in [5.74, 6) is 1.38. The summed E-state index contributed by atoms with van der Waals surface area (Å²) in [4.78, 5) is 14.5. The lowest BCUT2D eigenvalue weighted by atomic mass is 10.0. The van der Waals surface area contributed by atoms with Gasteiger partial charge in [-0.05, 0) is 39.0 Å². The van der Waals surface area contributed by atoms with Gasteiger partial charge in [-0.1, -0.05) is 0 Å². The highest BCUT2D eigenvalue weighted by atomic mass is 16.5. The van der Waals surface area contributed by atoms with E-state index in [9.17, 15) is 4.79 Å². The van der Waals surface area contributed by atoms with Crippen molar-refractivity contribution in [2.75, 3.05) is 20.8 Å². The molecular formula is C21H27N3O3. The van der Waals surface area contributed by atoms with Gasteiger partial charge in [0, 0.05) is 48.5 Å². The minimum Gasteiger partial charge on any atom is -0.497 e. The van der Waals surface area contributed by atoms with Crippen LogP contribution in [0.4, 0.5) is 0 Å². The zero-order valence-electron chi connectivity index (χ0n) is 16.7. The highest BCUT2D eigenvalue weighted by Gasteiger charge is 2.26. The van der Waals surface area contributed by atoms with Crippen LogP contribution in [0, 0.1) is 0 Å². The molecule has 27 heavy (non-hydrogen) atoms. The number of benzene rings is 1. The summed E-state index contributed by atoms with van der Waals surface area (Å²) in [5, 5.41) is 4.53. The molecule has 0 unspecified atom stereocenters. The van der Waals surface area contributed by atoms with E-state index in [1.165, 1.54) is 5.69 Å². The fourth-order valence-electron chi connectivity index (χ4n) is 3.32. The Morgan fingerprint density at radius 3 is 2.67 bits per heavy atom. The minimum atomic E-state index is -0.0510. The smallest absolute Gasteiger partial charge is 0.246 e. The molecule has 0 atom stereocenters. The molecule has 0 N–H and O–H groups in total. The predicted octanol–water partition coefficient (Wildman–Crippen LogP) is 3.25. The fraction of sp³-hybridized carbons (Fsp3) is 0.429. The average molecular weight is 369 g/mol. The van der Waals surface area contributed by atoms with Crippen molar-refractivity contribution in [2.24, 2.45) is 0 Å². The van der Waals surface area contributed by atoms with Gasteiger partial charge in [-0.3, -0.25) is 9.48 Å². The lowest BCUT2D eigenvalue weighted by molar-refractivity contribution is -0.126. The number of carbonyl (C=O) groups is 1. The summed E-state index contributed by atoms with van der Waals surface area (Å²) in [7, 11) is 3.22. The first-order valence-corrected chi connectivity index (χ1v) is 9.08. The predicted molar refractivity (Wildman–Crippen MR) is 105 cm³/mol. The van der Waals surface area contributed by atoms with E-state index < -0.39 is 0 Å². The first-order chi connectivity index (χ1) is 12.8. The Morgan fingerprint density at radius 1 is 1.22 bits per heavy atom. The molecule has 3 rings (SSSR count). The topological polar surface area (TPSA) is 56.6 Å². The Hall–Kier alpha value is -2.76. The van der Waals surface area contributed by atoms with Gasteiger partial charge in [-0.25, -0.2) is 0 Å². The number of hydrogen-bond donors (Lipinski definition) is 0. The summed E-state index contributed by atoms with van der Waals surface area (Å²) in [6.45, 7) is 7.71. The number of nitrogens with zero attached hydrogens (tertiary/aromatic N) is 3. The number of fused-ring (bicyclic) bond motifs is 1. The second kappa shape index (κ2) is 7.47. The third-order valence-electron chi connectivity index (χ3n) is 4.73. The first kappa shape index (κ1) is 19.0. The van der Waals surface area contributed by atoms with Crippen LogP contribution >= 0.6 is 0 Å². The number of methoxy groups -OCH3 is 2. The third kappa shape index (κ3) is 3.99. The molecule has 0 aliphatic carbocycles. The van der Waals surface area contributed by atoms with E-state index in [0.717, 1.165) is 23.3 Å². The van der Waals surface area contributed by atoms with Crippen molar-refractivity contribution in [2.45, 2.75) is 39.3 Å². The summed E-state index contributed by atoms with van der Waals surface area (Å²) in [6.07, 6.45) is 6.09. The molecule has 0 bridgehead atoms. The largest absolute Gasteiger partial charge is 0.497 e. The first-order valence-electron chi connectivity index (χ1n) is 9.08. The Kier molecular flexibility index (Phi) is 5.26. The van der Waals surface area contributed by atoms with Crippen molar-refractivity contribution in [3.8, 4) is 11.5 Å². The number of amides is 1. The minimum absolute atomic E-state index is 0.0120. The normalized spacial score (nSPS) is 14.3. The molecule has 144 valence electrons. The van der Waals surface area contributed by atoms with Gasteiger partial charge in [0.1, 0.15) is 11.5 Å². The molecule has 1 aliphatic heterocycles. The van der Waals surface area contributed by atoms with Crippen molar-refractivity contribution in [1.29, 1.82) is 0 Å². The van der Waals surface area contributed by atoms with Crippen LogP contribution in [0.3, 0.4) is 0 Å². The van der Waals surface area contributed by atoms with Gasteiger partial charge in [0.05, 0.1) is 26.0 Å². The van der Waals surface area contributed by atoms with E-state index >= 15 is 0 Å². The molecule has 6 heteroatoms. The highest BCUT2D eigenvalue weighted by Crippen LogP contribution is 2.27. The van der Waals surface area contributed by atoms with Crippen molar-refractivity contribution in [3.05, 3.63) is 47.3 Å². The molecule has 0 fully saturated rings. The van der Waals surface area contributed by atoms with Crippen molar-refractivity contribution < 1.29 is 14.3 Å². The standard InChI is InChI=1S/C21H27N3O3/c1-21(2,3)24-18-10-11-23(14-16(18)13-22-24)20(25)9-7-15-6-8-17(26-4)12-19(15)27-5/h6-9,12-13H,10-11,14H2,1-5H3/b9-7+. The van der Waals surface area contributed by atoms with Crippen LogP contribution in [-0.4, -0.2) is 41.4 Å². The maximum absolute atomic E-state index is 12.7. The zero-order chi connectivity index (χ0) is 19.6. The van der Waals surface area contributed by atoms with Crippen LogP contribution in [0.25, 0.3) is 6.08 Å². The van der Waals surface area contributed by atoms with E-state index in [1.807, 2.05) is 23.2 Å². The molecular weight excluding hydrogens is 342 g/mol. The number of ether oxygens (including phenoxy) is 2. The molecule has 0 saturated heterocycles. The molecule has 6 nitrogen and oxygen atoms in total. The number of carbonyl (C=O) groups excluding carboxylic acids is 1. The van der Waals surface area contributed by atoms with Gasteiger partial charge in [0.15, 0.2) is 0 Å². The van der Waals surface area contributed by atoms with Crippen LogP contribution in [0.5, 0.6) is 11.5 Å². The highest BCUT2D eigenvalue weighted by molar-refractivity contribution is 5.92. The van der Waals surface area contributed by atoms with Crippen LogP contribution in [0.2, 0.25) is 0 Å². The van der Waals surface area contributed by atoms with Crippen molar-refractivity contribution >= 4 is 12.0 Å². The second-order valence-electron chi connectivity index (χ2n) is 7.65. The van der Waals surface area contributed by atoms with Gasteiger partial charge in [-0.15, -0.1) is 0 Å². The maximum Gasteiger partial charge on any atom is 0.246 e. The van der Waals surface area contributed by atoms with Crippen molar-refractivity contribution in [1.82, 2.24) is 14.7 Å². The summed E-state index contributed by atoms with van der Waals surface area (Å²) >= 11 is 0. The molecule has 0 spiro atoms. The van der Waals surface area contributed by atoms with Crippen LogP contribution < -0.4 is 9.47 Å². The van der Waals surface area contributed by atoms with E-state index in [-0.39, 0.29) is 11.4 Å². The summed E-state index contributed by atoms with van der Waals surface area (Å²) < 4.78 is 12.7. The Balaban J connectivity index is 1.73. The van der Waals surface area contributed by atoms with E-state index in [1.54, 1.807) is 32.4 Å². The number of rotatable bonds is 4. The van der Waals surface area contributed by atoms with E-state index in [0.29, 0.717) is 18.8 Å². The molecule has 0 radical (unpaired) electrons. The van der Waals surface area contributed by atoms with Gasteiger partial charge < -0.3 is 14.4 Å². The lowest BCUT2D eigenvalue weighted by Gasteiger charge is -2.29. The van der Waals surface area contributed by atoms with Crippen LogP contribution in [0.1, 0.15) is 37.6 Å². The molecule has 1 aromatic carbocycles. The zero-order valence-corrected chi connectivity index (χ0v) is 16.7. The maximum atomic E-state index is 12.7. The quantitative estimate of drug-likeness (QED) is 0.777. The summed E-state index contributed by atoms with van der Waals surface area (Å²) in [5.41, 5.74) is 3.14. The van der Waals surface area contributed by atoms with Gasteiger partial charge >= 0.3 is 0 Å². The molecule has 2 aromatic rings.